The number of hydrogen-bond acceptors (Lipinski definition) is 2. The number of para-hydroxylation sites is 1. The van der Waals surface area contributed by atoms with Crippen LogP contribution in [0.4, 0.5) is 21.0 Å². The summed E-state index contributed by atoms with van der Waals surface area (Å²) in [6.45, 7) is 1.21. The summed E-state index contributed by atoms with van der Waals surface area (Å²) in [6, 6.07) is 23.0. The molecule has 1 fully saturated rings. The van der Waals surface area contributed by atoms with Crippen molar-refractivity contribution in [1.82, 2.24) is 10.2 Å². The fraction of sp³-hybridized carbons (Fsp3) is 0.217. The fourth-order valence-corrected chi connectivity index (χ4v) is 3.63. The minimum atomic E-state index is -0.213. The predicted molar refractivity (Wildman–Crippen MR) is 116 cm³/mol. The molecule has 4 amide bonds. The number of urea groups is 2. The first kappa shape index (κ1) is 18.8. The molecule has 1 saturated heterocycles. The van der Waals surface area contributed by atoms with Crippen molar-refractivity contribution < 1.29 is 9.59 Å². The highest BCUT2D eigenvalue weighted by atomic mass is 16.2. The van der Waals surface area contributed by atoms with Crippen molar-refractivity contribution >= 4 is 34.2 Å². The van der Waals surface area contributed by atoms with Gasteiger partial charge in [0, 0.05) is 30.2 Å². The highest BCUT2D eigenvalue weighted by Gasteiger charge is 2.24. The summed E-state index contributed by atoms with van der Waals surface area (Å²) in [5.74, 6) is 0. The van der Waals surface area contributed by atoms with Crippen molar-refractivity contribution in [2.24, 2.45) is 0 Å². The van der Waals surface area contributed by atoms with Gasteiger partial charge >= 0.3 is 12.1 Å². The van der Waals surface area contributed by atoms with Gasteiger partial charge in [0.2, 0.25) is 0 Å². The summed E-state index contributed by atoms with van der Waals surface area (Å²) >= 11 is 0. The van der Waals surface area contributed by atoms with Crippen LogP contribution in [0, 0.1) is 0 Å². The van der Waals surface area contributed by atoms with Crippen LogP contribution in [0.1, 0.15) is 12.8 Å². The third kappa shape index (κ3) is 4.66. The second-order valence-corrected chi connectivity index (χ2v) is 7.18. The normalized spacial score (nSPS) is 14.4. The van der Waals surface area contributed by atoms with Crippen LogP contribution in [0.2, 0.25) is 0 Å². The molecule has 0 aliphatic carbocycles. The molecule has 29 heavy (non-hydrogen) atoms. The molecule has 3 N–H and O–H groups in total. The van der Waals surface area contributed by atoms with E-state index in [9.17, 15) is 9.59 Å². The van der Waals surface area contributed by atoms with Crippen LogP contribution in [0.5, 0.6) is 0 Å². The number of amides is 4. The Morgan fingerprint density at radius 1 is 0.793 bits per heavy atom. The Bertz CT molecular complexity index is 993. The molecule has 0 unspecified atom stereocenters. The summed E-state index contributed by atoms with van der Waals surface area (Å²) in [5.41, 5.74) is 1.58. The molecule has 1 heterocycles. The second-order valence-electron chi connectivity index (χ2n) is 7.18. The molecule has 3 aromatic rings. The number of carbonyl (C=O) groups excluding carboxylic acids is 2. The number of likely N-dealkylation sites (tertiary alicyclic amines) is 1. The molecule has 0 aromatic heterocycles. The topological polar surface area (TPSA) is 73.5 Å². The van der Waals surface area contributed by atoms with Crippen molar-refractivity contribution in [3.05, 3.63) is 72.8 Å². The van der Waals surface area contributed by atoms with E-state index >= 15 is 0 Å². The molecule has 0 saturated carbocycles. The van der Waals surface area contributed by atoms with Crippen LogP contribution in [0.3, 0.4) is 0 Å². The number of carbonyl (C=O) groups is 2. The molecule has 0 bridgehead atoms. The lowest BCUT2D eigenvalue weighted by molar-refractivity contribution is 0.189. The molecule has 3 aromatic carbocycles. The van der Waals surface area contributed by atoms with E-state index in [4.69, 9.17) is 0 Å². The molecule has 6 heteroatoms. The molecule has 4 rings (SSSR count). The van der Waals surface area contributed by atoms with E-state index < -0.39 is 0 Å². The van der Waals surface area contributed by atoms with Crippen LogP contribution in [-0.2, 0) is 0 Å². The van der Waals surface area contributed by atoms with Crippen molar-refractivity contribution in [2.45, 2.75) is 18.9 Å². The number of piperidine rings is 1. The third-order valence-electron chi connectivity index (χ3n) is 5.18. The number of nitrogens with zero attached hydrogens (tertiary/aromatic N) is 1. The van der Waals surface area contributed by atoms with Gasteiger partial charge in [0.05, 0.1) is 5.69 Å². The van der Waals surface area contributed by atoms with Gasteiger partial charge < -0.3 is 20.9 Å². The molecule has 0 spiro atoms. The largest absolute Gasteiger partial charge is 0.335 e. The van der Waals surface area contributed by atoms with Crippen LogP contribution >= 0.6 is 0 Å². The Morgan fingerprint density at radius 3 is 2.28 bits per heavy atom. The van der Waals surface area contributed by atoms with Gasteiger partial charge in [-0.2, -0.15) is 0 Å². The third-order valence-corrected chi connectivity index (χ3v) is 5.18. The van der Waals surface area contributed by atoms with Gasteiger partial charge in [0.15, 0.2) is 0 Å². The van der Waals surface area contributed by atoms with Gasteiger partial charge in [-0.15, -0.1) is 0 Å². The molecule has 6 nitrogen and oxygen atoms in total. The van der Waals surface area contributed by atoms with Crippen molar-refractivity contribution in [2.75, 3.05) is 23.7 Å². The van der Waals surface area contributed by atoms with Gasteiger partial charge in [-0.3, -0.25) is 0 Å². The Kier molecular flexibility index (Phi) is 5.61. The quantitative estimate of drug-likeness (QED) is 0.611. The fourth-order valence-electron chi connectivity index (χ4n) is 3.63. The highest BCUT2D eigenvalue weighted by Crippen LogP contribution is 2.23. The maximum absolute atomic E-state index is 12.7. The summed E-state index contributed by atoms with van der Waals surface area (Å²) in [5, 5.41) is 11.0. The minimum absolute atomic E-state index is 0.0558. The molecule has 0 radical (unpaired) electrons. The highest BCUT2D eigenvalue weighted by molar-refractivity contribution is 6.01. The summed E-state index contributed by atoms with van der Waals surface area (Å²) in [4.78, 5) is 26.6. The molecular formula is C23H24N4O2. The Hall–Kier alpha value is -3.54. The van der Waals surface area contributed by atoms with E-state index in [2.05, 4.69) is 16.0 Å². The summed E-state index contributed by atoms with van der Waals surface area (Å²) in [6.07, 6.45) is 1.45. The van der Waals surface area contributed by atoms with E-state index in [0.29, 0.717) is 13.1 Å². The van der Waals surface area contributed by atoms with E-state index in [1.165, 1.54) is 0 Å². The zero-order chi connectivity index (χ0) is 20.1. The maximum Gasteiger partial charge on any atom is 0.321 e. The van der Waals surface area contributed by atoms with Crippen LogP contribution in [-0.4, -0.2) is 36.1 Å². The lowest BCUT2D eigenvalue weighted by Gasteiger charge is -2.32. The standard InChI is InChI=1S/C23H24N4O2/c28-22(24-18-9-2-1-3-10-18)25-19-13-15-27(16-14-19)23(29)26-21-12-6-8-17-7-4-5-11-20(17)21/h1-12,19H,13-16H2,(H,26,29)(H2,24,25,28). The average Bonchev–Trinajstić information content (AvgIpc) is 2.75. The number of hydrogen-bond donors (Lipinski definition) is 3. The number of fused-ring (bicyclic) bond motifs is 1. The first-order valence-electron chi connectivity index (χ1n) is 9.85. The van der Waals surface area contributed by atoms with Crippen molar-refractivity contribution in [1.29, 1.82) is 0 Å². The Morgan fingerprint density at radius 2 is 1.48 bits per heavy atom. The SMILES string of the molecule is O=C(Nc1ccccc1)NC1CCN(C(=O)Nc2cccc3ccccc23)CC1. The van der Waals surface area contributed by atoms with Gasteiger partial charge in [0.1, 0.15) is 0 Å². The van der Waals surface area contributed by atoms with Gasteiger partial charge in [-0.25, -0.2) is 9.59 Å². The summed E-state index contributed by atoms with van der Waals surface area (Å²) in [7, 11) is 0. The Balaban J connectivity index is 1.29. The Labute approximate surface area is 169 Å². The van der Waals surface area contributed by atoms with E-state index in [-0.39, 0.29) is 18.1 Å². The molecule has 0 atom stereocenters. The van der Waals surface area contributed by atoms with E-state index in [0.717, 1.165) is 35.0 Å². The lowest BCUT2D eigenvalue weighted by atomic mass is 10.1. The van der Waals surface area contributed by atoms with Crippen LogP contribution in [0.25, 0.3) is 10.8 Å². The van der Waals surface area contributed by atoms with E-state index in [1.807, 2.05) is 72.8 Å². The van der Waals surface area contributed by atoms with Gasteiger partial charge in [-0.1, -0.05) is 54.6 Å². The predicted octanol–water partition coefficient (Wildman–Crippen LogP) is 4.66. The number of rotatable bonds is 3. The van der Waals surface area contributed by atoms with Crippen LogP contribution in [0.15, 0.2) is 72.8 Å². The zero-order valence-corrected chi connectivity index (χ0v) is 16.1. The van der Waals surface area contributed by atoms with Crippen molar-refractivity contribution in [3.8, 4) is 0 Å². The maximum atomic E-state index is 12.7. The van der Waals surface area contributed by atoms with Crippen LogP contribution < -0.4 is 16.0 Å². The number of anilines is 2. The lowest BCUT2D eigenvalue weighted by Crippen LogP contribution is -2.48. The first-order valence-corrected chi connectivity index (χ1v) is 9.85. The van der Waals surface area contributed by atoms with Gasteiger partial charge in [-0.05, 0) is 36.4 Å². The number of nitrogens with one attached hydrogen (secondary N) is 3. The average molecular weight is 388 g/mol. The van der Waals surface area contributed by atoms with E-state index in [1.54, 1.807) is 4.90 Å². The molecule has 1 aliphatic rings. The zero-order valence-electron chi connectivity index (χ0n) is 16.1. The molecule has 1 aliphatic heterocycles. The molecule has 148 valence electrons. The monoisotopic (exact) mass is 388 g/mol. The number of benzene rings is 3. The second kappa shape index (κ2) is 8.65. The summed E-state index contributed by atoms with van der Waals surface area (Å²) < 4.78 is 0. The first-order chi connectivity index (χ1) is 14.2. The smallest absolute Gasteiger partial charge is 0.321 e. The minimum Gasteiger partial charge on any atom is -0.335 e. The molecular weight excluding hydrogens is 364 g/mol. The van der Waals surface area contributed by atoms with Gasteiger partial charge in [0.25, 0.3) is 0 Å². The van der Waals surface area contributed by atoms with Crippen molar-refractivity contribution in [3.63, 3.8) is 0 Å².